The first kappa shape index (κ1) is 21.7. The smallest absolute Gasteiger partial charge is 0.274 e. The number of nitrogens with zero attached hydrogens (tertiary/aromatic N) is 3. The number of carbonyl (C=O) groups excluding carboxylic acids is 1. The van der Waals surface area contributed by atoms with Crippen molar-refractivity contribution in [3.63, 3.8) is 0 Å². The fraction of sp³-hybridized carbons (Fsp3) is 0.524. The van der Waals surface area contributed by atoms with Crippen LogP contribution in [0.2, 0.25) is 0 Å². The Balaban J connectivity index is 0.00000240. The fourth-order valence-electron chi connectivity index (χ4n) is 4.36. The molecule has 0 saturated carbocycles. The van der Waals surface area contributed by atoms with Gasteiger partial charge in [0.1, 0.15) is 0 Å². The van der Waals surface area contributed by atoms with Crippen molar-refractivity contribution in [2.45, 2.75) is 38.5 Å². The van der Waals surface area contributed by atoms with E-state index >= 15 is 0 Å². The van der Waals surface area contributed by atoms with Crippen LogP contribution in [0.4, 0.5) is 8.78 Å². The van der Waals surface area contributed by atoms with Gasteiger partial charge in [0, 0.05) is 30.4 Å². The lowest BCUT2D eigenvalue weighted by Gasteiger charge is -2.31. The lowest BCUT2D eigenvalue weighted by Crippen LogP contribution is -2.39. The van der Waals surface area contributed by atoms with Crippen molar-refractivity contribution in [2.75, 3.05) is 26.7 Å². The Morgan fingerprint density at radius 2 is 1.97 bits per heavy atom. The number of rotatable bonds is 5. The number of piperidine rings is 1. The molecule has 1 aliphatic heterocycles. The Morgan fingerprint density at radius 1 is 1.21 bits per heavy atom. The summed E-state index contributed by atoms with van der Waals surface area (Å²) in [5, 5.41) is 7.73. The molecule has 1 N–H and O–H groups in total. The van der Waals surface area contributed by atoms with Crippen LogP contribution in [-0.2, 0) is 12.8 Å². The highest BCUT2D eigenvalue weighted by Crippen LogP contribution is 2.30. The number of fused-ring (bicyclic) bond motifs is 1. The Kier molecular flexibility index (Phi) is 6.90. The highest BCUT2D eigenvalue weighted by Gasteiger charge is 2.31. The molecular formula is C21H27ClF2N4O. The largest absolute Gasteiger partial charge is 0.337 e. The molecule has 0 radical (unpaired) electrons. The zero-order valence-corrected chi connectivity index (χ0v) is 17.4. The quantitative estimate of drug-likeness (QED) is 0.799. The summed E-state index contributed by atoms with van der Waals surface area (Å²) >= 11 is 0. The lowest BCUT2D eigenvalue weighted by atomic mass is 9.93. The third-order valence-corrected chi connectivity index (χ3v) is 5.98. The summed E-state index contributed by atoms with van der Waals surface area (Å²) in [4.78, 5) is 15.0. The zero-order chi connectivity index (χ0) is 19.7. The first-order chi connectivity index (χ1) is 13.6. The van der Waals surface area contributed by atoms with Crippen LogP contribution >= 0.6 is 12.4 Å². The van der Waals surface area contributed by atoms with E-state index in [1.54, 1.807) is 4.68 Å². The molecule has 1 amide bonds. The van der Waals surface area contributed by atoms with Gasteiger partial charge in [-0.25, -0.2) is 13.5 Å². The van der Waals surface area contributed by atoms with Gasteiger partial charge in [0.25, 0.3) is 5.91 Å². The number of benzene rings is 1. The maximum Gasteiger partial charge on any atom is 0.274 e. The second-order valence-corrected chi connectivity index (χ2v) is 7.77. The summed E-state index contributed by atoms with van der Waals surface area (Å²) in [6.45, 7) is 2.50. The van der Waals surface area contributed by atoms with Gasteiger partial charge in [-0.3, -0.25) is 4.79 Å². The predicted molar refractivity (Wildman–Crippen MR) is 110 cm³/mol. The monoisotopic (exact) mass is 424 g/mol. The Morgan fingerprint density at radius 3 is 2.66 bits per heavy atom. The van der Waals surface area contributed by atoms with Gasteiger partial charge < -0.3 is 10.2 Å². The number of carbonyl (C=O) groups is 1. The highest BCUT2D eigenvalue weighted by atomic mass is 35.5. The van der Waals surface area contributed by atoms with Gasteiger partial charge in [0.05, 0.1) is 5.69 Å². The zero-order valence-electron chi connectivity index (χ0n) is 16.6. The first-order valence-electron chi connectivity index (χ1n) is 10.1. The van der Waals surface area contributed by atoms with Crippen LogP contribution in [0.1, 0.15) is 47.4 Å². The SMILES string of the molecule is CNCCC1CCN(C(=O)c2nn(-c3ccc(F)c(F)c3)c3c2CCC3)CC1.Cl. The molecule has 1 aromatic heterocycles. The van der Waals surface area contributed by atoms with E-state index in [4.69, 9.17) is 0 Å². The summed E-state index contributed by atoms with van der Waals surface area (Å²) < 4.78 is 28.6. The van der Waals surface area contributed by atoms with E-state index < -0.39 is 11.6 Å². The van der Waals surface area contributed by atoms with E-state index in [-0.39, 0.29) is 18.3 Å². The van der Waals surface area contributed by atoms with Crippen LogP contribution in [0.15, 0.2) is 18.2 Å². The van der Waals surface area contributed by atoms with Crippen LogP contribution in [0.25, 0.3) is 5.69 Å². The van der Waals surface area contributed by atoms with Gasteiger partial charge in [0.2, 0.25) is 0 Å². The summed E-state index contributed by atoms with van der Waals surface area (Å²) in [7, 11) is 1.96. The van der Waals surface area contributed by atoms with Gasteiger partial charge in [-0.15, -0.1) is 12.4 Å². The minimum absolute atomic E-state index is 0. The number of hydrogen-bond donors (Lipinski definition) is 1. The van der Waals surface area contributed by atoms with Crippen molar-refractivity contribution >= 4 is 18.3 Å². The molecule has 1 aromatic carbocycles. The van der Waals surface area contributed by atoms with Crippen molar-refractivity contribution in [2.24, 2.45) is 5.92 Å². The average molecular weight is 425 g/mol. The van der Waals surface area contributed by atoms with Gasteiger partial charge >= 0.3 is 0 Å². The predicted octanol–water partition coefficient (Wildman–Crippen LogP) is 3.52. The van der Waals surface area contributed by atoms with Gasteiger partial charge in [-0.2, -0.15) is 5.10 Å². The number of amides is 1. The van der Waals surface area contributed by atoms with E-state index in [1.807, 2.05) is 11.9 Å². The maximum atomic E-state index is 13.7. The molecule has 2 aromatic rings. The van der Waals surface area contributed by atoms with E-state index in [9.17, 15) is 13.6 Å². The first-order valence-corrected chi connectivity index (χ1v) is 10.1. The highest BCUT2D eigenvalue weighted by molar-refractivity contribution is 5.94. The van der Waals surface area contributed by atoms with E-state index in [2.05, 4.69) is 10.4 Å². The van der Waals surface area contributed by atoms with Crippen molar-refractivity contribution < 1.29 is 13.6 Å². The van der Waals surface area contributed by atoms with Crippen LogP contribution in [-0.4, -0.2) is 47.3 Å². The van der Waals surface area contributed by atoms with Gasteiger partial charge in [-0.1, -0.05) is 0 Å². The molecule has 0 atom stereocenters. The van der Waals surface area contributed by atoms with Crippen molar-refractivity contribution in [3.8, 4) is 5.69 Å². The topological polar surface area (TPSA) is 50.2 Å². The van der Waals surface area contributed by atoms with Crippen LogP contribution in [0, 0.1) is 17.6 Å². The Labute approximate surface area is 175 Å². The molecule has 0 unspecified atom stereocenters. The molecule has 0 bridgehead atoms. The number of hydrogen-bond acceptors (Lipinski definition) is 3. The molecule has 2 heterocycles. The second-order valence-electron chi connectivity index (χ2n) is 7.77. The molecule has 29 heavy (non-hydrogen) atoms. The molecule has 2 aliphatic rings. The summed E-state index contributed by atoms with van der Waals surface area (Å²) in [6.07, 6.45) is 5.71. The second kappa shape index (κ2) is 9.22. The third kappa shape index (κ3) is 4.31. The van der Waals surface area contributed by atoms with Gasteiger partial charge in [0.15, 0.2) is 17.3 Å². The molecule has 1 fully saturated rings. The minimum atomic E-state index is -0.906. The van der Waals surface area contributed by atoms with Crippen LogP contribution < -0.4 is 5.32 Å². The van der Waals surface area contributed by atoms with Gasteiger partial charge in [-0.05, 0) is 70.2 Å². The summed E-state index contributed by atoms with van der Waals surface area (Å²) in [5.74, 6) is -1.17. The van der Waals surface area contributed by atoms with Crippen molar-refractivity contribution in [3.05, 3.63) is 46.8 Å². The van der Waals surface area contributed by atoms with E-state index in [0.29, 0.717) is 17.3 Å². The average Bonchev–Trinajstić information content (AvgIpc) is 3.31. The Hall–Kier alpha value is -1.99. The fourth-order valence-corrected chi connectivity index (χ4v) is 4.36. The van der Waals surface area contributed by atoms with Crippen molar-refractivity contribution in [1.29, 1.82) is 0 Å². The van der Waals surface area contributed by atoms with Crippen LogP contribution in [0.5, 0.6) is 0 Å². The van der Waals surface area contributed by atoms with Crippen LogP contribution in [0.3, 0.4) is 0 Å². The standard InChI is InChI=1S/C21H26F2N4O.ClH/c1-24-10-7-14-8-11-26(12-9-14)21(28)20-16-3-2-4-19(16)27(25-20)15-5-6-17(22)18(23)13-15;/h5-6,13-14,24H,2-4,7-12H2,1H3;1H. The molecular weight excluding hydrogens is 398 g/mol. The molecule has 1 saturated heterocycles. The lowest BCUT2D eigenvalue weighted by molar-refractivity contribution is 0.0679. The van der Waals surface area contributed by atoms with E-state index in [1.165, 1.54) is 6.07 Å². The van der Waals surface area contributed by atoms with Crippen molar-refractivity contribution in [1.82, 2.24) is 20.0 Å². The number of aromatic nitrogens is 2. The molecule has 0 spiro atoms. The number of nitrogens with one attached hydrogen (secondary N) is 1. The maximum absolute atomic E-state index is 13.7. The number of likely N-dealkylation sites (tertiary alicyclic amines) is 1. The molecule has 1 aliphatic carbocycles. The molecule has 4 rings (SSSR count). The molecule has 8 heteroatoms. The molecule has 5 nitrogen and oxygen atoms in total. The summed E-state index contributed by atoms with van der Waals surface area (Å²) in [5.41, 5.74) is 2.85. The minimum Gasteiger partial charge on any atom is -0.337 e. The number of halogens is 3. The van der Waals surface area contributed by atoms with E-state index in [0.717, 1.165) is 81.5 Å². The molecule has 158 valence electrons. The third-order valence-electron chi connectivity index (χ3n) is 5.98. The Bertz CT molecular complexity index is 878. The normalized spacial score (nSPS) is 16.6. The summed E-state index contributed by atoms with van der Waals surface area (Å²) in [6, 6.07) is 3.75.